The van der Waals surface area contributed by atoms with Crippen LogP contribution in [0.4, 0.5) is 0 Å². The van der Waals surface area contributed by atoms with Crippen molar-refractivity contribution in [1.82, 2.24) is 4.90 Å². The van der Waals surface area contributed by atoms with Crippen molar-refractivity contribution in [2.75, 3.05) is 39.5 Å². The molecule has 3 aromatic rings. The summed E-state index contributed by atoms with van der Waals surface area (Å²) in [6, 6.07) is 30.5. The fraction of sp³-hybridized carbons (Fsp3) is 0.276. The van der Waals surface area contributed by atoms with E-state index in [-0.39, 0.29) is 19.1 Å². The van der Waals surface area contributed by atoms with Crippen LogP contribution in [0.25, 0.3) is 0 Å². The number of hydrogen-bond acceptors (Lipinski definition) is 4. The van der Waals surface area contributed by atoms with Crippen LogP contribution in [0.15, 0.2) is 104 Å². The van der Waals surface area contributed by atoms with Gasteiger partial charge < -0.3 is 19.1 Å². The van der Waals surface area contributed by atoms with Gasteiger partial charge in [0, 0.05) is 13.1 Å². The molecule has 1 aliphatic heterocycles. The quantitative estimate of drug-likeness (QED) is 0.334. The van der Waals surface area contributed by atoms with E-state index in [1.807, 2.05) is 54.6 Å². The molecule has 0 unspecified atom stereocenters. The van der Waals surface area contributed by atoms with Crippen LogP contribution >= 0.6 is 0 Å². The summed E-state index contributed by atoms with van der Waals surface area (Å²) in [5.74, 6) is -0.0457. The third-order valence-corrected chi connectivity index (χ3v) is 6.05. The molecule has 0 aromatic heterocycles. The van der Waals surface area contributed by atoms with E-state index in [1.54, 1.807) is 11.0 Å². The van der Waals surface area contributed by atoms with Crippen LogP contribution < -0.4 is 0 Å². The number of nitrogens with zero attached hydrogens (tertiary/aromatic N) is 1. The number of rotatable bonds is 10. The van der Waals surface area contributed by atoms with Crippen LogP contribution in [0.1, 0.15) is 16.7 Å². The Bertz CT molecular complexity index is 937. The molecule has 1 amide bonds. The molecule has 0 aliphatic carbocycles. The van der Waals surface area contributed by atoms with Gasteiger partial charge in [-0.15, -0.1) is 6.58 Å². The monoisotopic (exact) mass is 457 g/mol. The van der Waals surface area contributed by atoms with Crippen molar-refractivity contribution in [3.8, 4) is 0 Å². The second kappa shape index (κ2) is 11.7. The summed E-state index contributed by atoms with van der Waals surface area (Å²) in [6.07, 6.45) is 1.25. The van der Waals surface area contributed by atoms with Crippen molar-refractivity contribution in [2.45, 2.75) is 11.7 Å². The predicted octanol–water partition coefficient (Wildman–Crippen LogP) is 4.43. The number of amides is 1. The summed E-state index contributed by atoms with van der Waals surface area (Å²) < 4.78 is 18.0. The molecule has 1 atom stereocenters. The highest BCUT2D eigenvalue weighted by molar-refractivity contribution is 5.77. The van der Waals surface area contributed by atoms with E-state index in [2.05, 4.69) is 43.0 Å². The van der Waals surface area contributed by atoms with Crippen molar-refractivity contribution >= 4 is 5.91 Å². The van der Waals surface area contributed by atoms with Gasteiger partial charge in [-0.2, -0.15) is 0 Å². The van der Waals surface area contributed by atoms with Crippen molar-refractivity contribution < 1.29 is 19.0 Å². The minimum absolute atomic E-state index is 0.0188. The third kappa shape index (κ3) is 5.45. The summed E-state index contributed by atoms with van der Waals surface area (Å²) in [5.41, 5.74) is 2.20. The lowest BCUT2D eigenvalue weighted by molar-refractivity contribution is -0.143. The Morgan fingerprint density at radius 2 is 1.35 bits per heavy atom. The molecule has 5 nitrogen and oxygen atoms in total. The molecule has 3 aromatic carbocycles. The fourth-order valence-electron chi connectivity index (χ4n) is 4.24. The maximum atomic E-state index is 12.6. The minimum atomic E-state index is -0.845. The maximum absolute atomic E-state index is 12.6. The van der Waals surface area contributed by atoms with Crippen LogP contribution in [-0.2, 0) is 24.6 Å². The molecule has 0 bridgehead atoms. The summed E-state index contributed by atoms with van der Waals surface area (Å²) in [7, 11) is 0. The van der Waals surface area contributed by atoms with Gasteiger partial charge in [-0.1, -0.05) is 97.1 Å². The van der Waals surface area contributed by atoms with Crippen LogP contribution in [0.5, 0.6) is 0 Å². The average molecular weight is 458 g/mol. The van der Waals surface area contributed by atoms with E-state index in [0.29, 0.717) is 26.3 Å². The first-order valence-corrected chi connectivity index (χ1v) is 11.6. The lowest BCUT2D eigenvalue weighted by atomic mass is 9.80. The van der Waals surface area contributed by atoms with E-state index in [0.717, 1.165) is 16.7 Å². The number of benzene rings is 3. The first-order chi connectivity index (χ1) is 16.7. The van der Waals surface area contributed by atoms with Gasteiger partial charge >= 0.3 is 0 Å². The SMILES string of the molecule is C=C[C@@H](COC(c1ccccc1)(c1ccccc1)c1ccccc1)OCC(=O)N1CCOCC1. The maximum Gasteiger partial charge on any atom is 0.248 e. The Morgan fingerprint density at radius 1 is 0.882 bits per heavy atom. The highest BCUT2D eigenvalue weighted by Crippen LogP contribution is 2.40. The lowest BCUT2D eigenvalue weighted by Gasteiger charge is -2.37. The van der Waals surface area contributed by atoms with Crippen LogP contribution in [0.2, 0.25) is 0 Å². The van der Waals surface area contributed by atoms with Crippen LogP contribution in [0, 0.1) is 0 Å². The van der Waals surface area contributed by atoms with E-state index in [1.165, 1.54) is 0 Å². The van der Waals surface area contributed by atoms with Crippen molar-refractivity contribution in [3.05, 3.63) is 120 Å². The molecule has 176 valence electrons. The zero-order valence-electron chi connectivity index (χ0n) is 19.3. The molecule has 1 heterocycles. The number of ether oxygens (including phenoxy) is 3. The molecule has 0 spiro atoms. The molecule has 4 rings (SSSR count). The molecular formula is C29H31NO4. The van der Waals surface area contributed by atoms with E-state index in [9.17, 15) is 4.79 Å². The molecular weight excluding hydrogens is 426 g/mol. The van der Waals surface area contributed by atoms with E-state index in [4.69, 9.17) is 14.2 Å². The van der Waals surface area contributed by atoms with Crippen LogP contribution in [0.3, 0.4) is 0 Å². The molecule has 1 fully saturated rings. The van der Waals surface area contributed by atoms with Crippen molar-refractivity contribution in [2.24, 2.45) is 0 Å². The van der Waals surface area contributed by atoms with Crippen molar-refractivity contribution in [3.63, 3.8) is 0 Å². The topological polar surface area (TPSA) is 48.0 Å². The number of carbonyl (C=O) groups excluding carboxylic acids is 1. The van der Waals surface area contributed by atoms with Gasteiger partial charge in [0.15, 0.2) is 0 Å². The Hall–Kier alpha value is -3.25. The van der Waals surface area contributed by atoms with Gasteiger partial charge in [0.05, 0.1) is 25.9 Å². The van der Waals surface area contributed by atoms with Crippen LogP contribution in [-0.4, -0.2) is 56.4 Å². The normalized spacial score (nSPS) is 15.0. The first kappa shape index (κ1) is 23.9. The number of hydrogen-bond donors (Lipinski definition) is 0. The smallest absolute Gasteiger partial charge is 0.248 e. The van der Waals surface area contributed by atoms with Gasteiger partial charge in [0.25, 0.3) is 0 Å². The lowest BCUT2D eigenvalue weighted by Crippen LogP contribution is -2.43. The molecule has 34 heavy (non-hydrogen) atoms. The van der Waals surface area contributed by atoms with Gasteiger partial charge in [0.2, 0.25) is 5.91 Å². The summed E-state index contributed by atoms with van der Waals surface area (Å²) in [4.78, 5) is 14.3. The standard InChI is InChI=1S/C29H31NO4/c1-2-27(33-23-28(31)30-18-20-32-21-19-30)22-34-29(24-12-6-3-7-13-24,25-14-8-4-9-15-25)26-16-10-5-11-17-26/h2-17,27H,1,18-23H2/t27-/m0/s1. The Balaban J connectivity index is 1.59. The molecule has 0 saturated carbocycles. The number of carbonyl (C=O) groups is 1. The van der Waals surface area contributed by atoms with Gasteiger partial charge in [-0.3, -0.25) is 4.79 Å². The highest BCUT2D eigenvalue weighted by atomic mass is 16.5. The predicted molar refractivity (Wildman–Crippen MR) is 132 cm³/mol. The largest absolute Gasteiger partial charge is 0.378 e. The molecule has 0 N–H and O–H groups in total. The Morgan fingerprint density at radius 3 is 1.79 bits per heavy atom. The molecule has 5 heteroatoms. The zero-order valence-corrected chi connectivity index (χ0v) is 19.3. The summed E-state index contributed by atoms with van der Waals surface area (Å²) in [6.45, 7) is 6.45. The molecule has 1 saturated heterocycles. The first-order valence-electron chi connectivity index (χ1n) is 11.6. The number of morpholine rings is 1. The average Bonchev–Trinajstić information content (AvgIpc) is 2.93. The zero-order chi connectivity index (χ0) is 23.6. The second-order valence-electron chi connectivity index (χ2n) is 8.17. The molecule has 1 aliphatic rings. The summed E-state index contributed by atoms with van der Waals surface area (Å²) in [5, 5.41) is 0. The van der Waals surface area contributed by atoms with Gasteiger partial charge in [-0.05, 0) is 16.7 Å². The van der Waals surface area contributed by atoms with E-state index >= 15 is 0 Å². The second-order valence-corrected chi connectivity index (χ2v) is 8.17. The highest BCUT2D eigenvalue weighted by Gasteiger charge is 2.38. The van der Waals surface area contributed by atoms with Gasteiger partial charge in [0.1, 0.15) is 12.2 Å². The van der Waals surface area contributed by atoms with Crippen molar-refractivity contribution in [1.29, 1.82) is 0 Å². The van der Waals surface area contributed by atoms with E-state index < -0.39 is 11.7 Å². The third-order valence-electron chi connectivity index (χ3n) is 6.05. The Kier molecular flexibility index (Phi) is 8.26. The summed E-state index contributed by atoms with van der Waals surface area (Å²) >= 11 is 0. The Labute approximate surface area is 201 Å². The molecule has 0 radical (unpaired) electrons. The fourth-order valence-corrected chi connectivity index (χ4v) is 4.24. The van der Waals surface area contributed by atoms with Gasteiger partial charge in [-0.25, -0.2) is 0 Å². The minimum Gasteiger partial charge on any atom is -0.378 e.